The van der Waals surface area contributed by atoms with E-state index >= 15 is 0 Å². The molecule has 3 heteroatoms. The smallest absolute Gasteiger partial charge is 0.0609 e. The topological polar surface area (TPSA) is 43.7 Å². The summed E-state index contributed by atoms with van der Waals surface area (Å²) < 4.78 is 0. The second-order valence-corrected chi connectivity index (χ2v) is 4.49. The Balaban J connectivity index is 3.92. The second kappa shape index (κ2) is 4.80. The fourth-order valence-electron chi connectivity index (χ4n) is 1.21. The number of aliphatic hydroxyl groups is 2. The molecule has 0 spiro atoms. The number of hydrogen-bond donors (Lipinski definition) is 2. The standard InChI is InChI=1S/C9H21NO2/c1-9(2,3)7-10(4)8(5-11)6-12/h8,11-12H,5-7H2,1-4H3. The second-order valence-electron chi connectivity index (χ2n) is 4.49. The molecule has 0 aliphatic heterocycles. The van der Waals surface area contributed by atoms with Crippen LogP contribution in [0.1, 0.15) is 20.8 Å². The van der Waals surface area contributed by atoms with Crippen LogP contribution in [0.3, 0.4) is 0 Å². The number of hydrogen-bond acceptors (Lipinski definition) is 3. The minimum Gasteiger partial charge on any atom is -0.395 e. The minimum atomic E-state index is -0.121. The highest BCUT2D eigenvalue weighted by Gasteiger charge is 2.18. The maximum atomic E-state index is 8.89. The Morgan fingerprint density at radius 1 is 1.17 bits per heavy atom. The summed E-state index contributed by atoms with van der Waals surface area (Å²) in [7, 11) is 1.92. The van der Waals surface area contributed by atoms with Crippen LogP contribution >= 0.6 is 0 Å². The molecule has 0 aromatic rings. The molecule has 0 fully saturated rings. The maximum absolute atomic E-state index is 8.89. The lowest BCUT2D eigenvalue weighted by atomic mass is 9.95. The Morgan fingerprint density at radius 3 is 1.83 bits per heavy atom. The highest BCUT2D eigenvalue weighted by molar-refractivity contribution is 4.72. The number of nitrogens with zero attached hydrogens (tertiary/aromatic N) is 1. The van der Waals surface area contributed by atoms with Gasteiger partial charge in [-0.15, -0.1) is 0 Å². The zero-order valence-corrected chi connectivity index (χ0v) is 8.54. The SMILES string of the molecule is CN(CC(C)(C)C)C(CO)CO. The lowest BCUT2D eigenvalue weighted by molar-refractivity contribution is 0.0707. The molecular weight excluding hydrogens is 154 g/mol. The van der Waals surface area contributed by atoms with Crippen LogP contribution in [0, 0.1) is 5.41 Å². The van der Waals surface area contributed by atoms with Crippen molar-refractivity contribution in [3.05, 3.63) is 0 Å². The van der Waals surface area contributed by atoms with Crippen molar-refractivity contribution >= 4 is 0 Å². The van der Waals surface area contributed by atoms with E-state index in [-0.39, 0.29) is 24.7 Å². The number of likely N-dealkylation sites (N-methyl/N-ethyl adjacent to an activating group) is 1. The average molecular weight is 175 g/mol. The molecule has 0 atom stereocenters. The molecular formula is C9H21NO2. The fraction of sp³-hybridized carbons (Fsp3) is 1.00. The van der Waals surface area contributed by atoms with Crippen LogP contribution in [0.4, 0.5) is 0 Å². The van der Waals surface area contributed by atoms with E-state index in [1.54, 1.807) is 0 Å². The third kappa shape index (κ3) is 4.70. The molecule has 0 amide bonds. The van der Waals surface area contributed by atoms with Crippen molar-refractivity contribution in [3.8, 4) is 0 Å². The van der Waals surface area contributed by atoms with Crippen molar-refractivity contribution in [1.29, 1.82) is 0 Å². The summed E-state index contributed by atoms with van der Waals surface area (Å²) >= 11 is 0. The van der Waals surface area contributed by atoms with E-state index in [2.05, 4.69) is 20.8 Å². The van der Waals surface area contributed by atoms with Gasteiger partial charge in [-0.05, 0) is 12.5 Å². The molecule has 0 rings (SSSR count). The summed E-state index contributed by atoms with van der Waals surface area (Å²) in [5, 5.41) is 17.8. The number of rotatable bonds is 4. The largest absolute Gasteiger partial charge is 0.395 e. The van der Waals surface area contributed by atoms with Crippen molar-refractivity contribution in [2.24, 2.45) is 5.41 Å². The minimum absolute atomic E-state index is 0.0169. The molecule has 0 radical (unpaired) electrons. The van der Waals surface area contributed by atoms with Gasteiger partial charge in [0.1, 0.15) is 0 Å². The van der Waals surface area contributed by atoms with Crippen molar-refractivity contribution in [3.63, 3.8) is 0 Å². The van der Waals surface area contributed by atoms with Crippen molar-refractivity contribution in [1.82, 2.24) is 4.90 Å². The Labute approximate surface area is 75.0 Å². The van der Waals surface area contributed by atoms with Crippen LogP contribution in [0.5, 0.6) is 0 Å². The summed E-state index contributed by atoms with van der Waals surface area (Å²) in [5.41, 5.74) is 0.206. The van der Waals surface area contributed by atoms with E-state index in [0.717, 1.165) is 6.54 Å². The Kier molecular flexibility index (Phi) is 4.75. The molecule has 0 aliphatic rings. The molecule has 0 saturated carbocycles. The summed E-state index contributed by atoms with van der Waals surface area (Å²) in [6.45, 7) is 7.31. The summed E-state index contributed by atoms with van der Waals surface area (Å²) in [6.07, 6.45) is 0. The van der Waals surface area contributed by atoms with Crippen LogP contribution in [0.2, 0.25) is 0 Å². The third-order valence-electron chi connectivity index (χ3n) is 1.77. The first kappa shape index (κ1) is 11.9. The molecule has 0 aliphatic carbocycles. The molecule has 2 N–H and O–H groups in total. The lowest BCUT2D eigenvalue weighted by Gasteiger charge is -2.31. The van der Waals surface area contributed by atoms with E-state index < -0.39 is 0 Å². The molecule has 0 aromatic carbocycles. The molecule has 74 valence electrons. The molecule has 0 saturated heterocycles. The molecule has 3 nitrogen and oxygen atoms in total. The van der Waals surface area contributed by atoms with Gasteiger partial charge in [0, 0.05) is 6.54 Å². The predicted molar refractivity (Wildman–Crippen MR) is 50.0 cm³/mol. The Morgan fingerprint density at radius 2 is 1.58 bits per heavy atom. The molecule has 0 bridgehead atoms. The van der Waals surface area contributed by atoms with Gasteiger partial charge in [-0.1, -0.05) is 20.8 Å². The monoisotopic (exact) mass is 175 g/mol. The first-order valence-corrected chi connectivity index (χ1v) is 4.32. The highest BCUT2D eigenvalue weighted by Crippen LogP contribution is 2.15. The van der Waals surface area contributed by atoms with Gasteiger partial charge >= 0.3 is 0 Å². The highest BCUT2D eigenvalue weighted by atomic mass is 16.3. The van der Waals surface area contributed by atoms with E-state index in [1.807, 2.05) is 11.9 Å². The summed E-state index contributed by atoms with van der Waals surface area (Å²) in [4.78, 5) is 1.99. The maximum Gasteiger partial charge on any atom is 0.0609 e. The van der Waals surface area contributed by atoms with E-state index in [1.165, 1.54) is 0 Å². The zero-order chi connectivity index (χ0) is 9.78. The quantitative estimate of drug-likeness (QED) is 0.646. The van der Waals surface area contributed by atoms with Crippen LogP contribution in [-0.2, 0) is 0 Å². The average Bonchev–Trinajstić information content (AvgIpc) is 1.85. The van der Waals surface area contributed by atoms with Gasteiger partial charge in [-0.2, -0.15) is 0 Å². The van der Waals surface area contributed by atoms with Gasteiger partial charge in [0.15, 0.2) is 0 Å². The summed E-state index contributed by atoms with van der Waals surface area (Å²) in [6, 6.07) is -0.121. The molecule has 0 aromatic heterocycles. The normalized spacial score (nSPS) is 13.0. The van der Waals surface area contributed by atoms with Gasteiger partial charge in [-0.3, -0.25) is 4.90 Å². The van der Waals surface area contributed by atoms with Crippen LogP contribution in [-0.4, -0.2) is 48.0 Å². The van der Waals surface area contributed by atoms with E-state index in [9.17, 15) is 0 Å². The first-order chi connectivity index (χ1) is 5.40. The van der Waals surface area contributed by atoms with Gasteiger partial charge in [0.2, 0.25) is 0 Å². The Bertz CT molecular complexity index is 116. The van der Waals surface area contributed by atoms with Crippen molar-refractivity contribution in [2.45, 2.75) is 26.8 Å². The fourth-order valence-corrected chi connectivity index (χ4v) is 1.21. The van der Waals surface area contributed by atoms with E-state index in [4.69, 9.17) is 10.2 Å². The lowest BCUT2D eigenvalue weighted by Crippen LogP contribution is -2.42. The van der Waals surface area contributed by atoms with Crippen LogP contribution in [0.25, 0.3) is 0 Å². The Hall–Kier alpha value is -0.120. The number of aliphatic hydroxyl groups excluding tert-OH is 2. The zero-order valence-electron chi connectivity index (χ0n) is 8.54. The van der Waals surface area contributed by atoms with Gasteiger partial charge < -0.3 is 10.2 Å². The van der Waals surface area contributed by atoms with Gasteiger partial charge in [0.25, 0.3) is 0 Å². The van der Waals surface area contributed by atoms with Crippen LogP contribution in [0.15, 0.2) is 0 Å². The van der Waals surface area contributed by atoms with Gasteiger partial charge in [0.05, 0.1) is 19.3 Å². The van der Waals surface area contributed by atoms with Crippen LogP contribution < -0.4 is 0 Å². The van der Waals surface area contributed by atoms with Gasteiger partial charge in [-0.25, -0.2) is 0 Å². The van der Waals surface area contributed by atoms with Crippen molar-refractivity contribution < 1.29 is 10.2 Å². The molecule has 12 heavy (non-hydrogen) atoms. The summed E-state index contributed by atoms with van der Waals surface area (Å²) in [5.74, 6) is 0. The third-order valence-corrected chi connectivity index (χ3v) is 1.77. The predicted octanol–water partition coefficient (Wildman–Crippen LogP) is 0.318. The molecule has 0 heterocycles. The molecule has 0 unspecified atom stereocenters. The van der Waals surface area contributed by atoms with E-state index in [0.29, 0.717) is 0 Å². The first-order valence-electron chi connectivity index (χ1n) is 4.32. The van der Waals surface area contributed by atoms with Crippen molar-refractivity contribution in [2.75, 3.05) is 26.8 Å².